The van der Waals surface area contributed by atoms with E-state index in [1.165, 1.54) is 6.08 Å². The van der Waals surface area contributed by atoms with E-state index in [9.17, 15) is 4.79 Å². The predicted molar refractivity (Wildman–Crippen MR) is 103 cm³/mol. The summed E-state index contributed by atoms with van der Waals surface area (Å²) in [6.45, 7) is 1.97. The molecule has 3 rings (SSSR count). The first-order valence-corrected chi connectivity index (χ1v) is 8.23. The fourth-order valence-corrected chi connectivity index (χ4v) is 2.77. The molecule has 128 valence electrons. The van der Waals surface area contributed by atoms with Crippen molar-refractivity contribution in [2.24, 2.45) is 0 Å². The number of anilines is 2. The van der Waals surface area contributed by atoms with E-state index in [0.29, 0.717) is 10.8 Å². The fourth-order valence-electron chi connectivity index (χ4n) is 2.53. The molecule has 0 radical (unpaired) electrons. The summed E-state index contributed by atoms with van der Waals surface area (Å²) in [4.78, 5) is 18.5. The van der Waals surface area contributed by atoms with Crippen molar-refractivity contribution in [1.29, 1.82) is 0 Å². The number of carbonyl (C=O) groups is 1. The average Bonchev–Trinajstić information content (AvgIpc) is 2.90. The van der Waals surface area contributed by atoms with Crippen LogP contribution in [0, 0.1) is 6.92 Å². The van der Waals surface area contributed by atoms with Crippen LogP contribution in [-0.4, -0.2) is 29.4 Å². The number of amides is 1. The summed E-state index contributed by atoms with van der Waals surface area (Å²) < 4.78 is 1.84. The zero-order chi connectivity index (χ0) is 18.0. The lowest BCUT2D eigenvalue weighted by molar-refractivity contribution is -0.111. The molecule has 0 bridgehead atoms. The molecule has 0 atom stereocenters. The first-order valence-electron chi connectivity index (χ1n) is 7.85. The number of carbonyl (C=O) groups excluding carboxylic acids is 1. The van der Waals surface area contributed by atoms with Crippen LogP contribution >= 0.6 is 11.6 Å². The lowest BCUT2D eigenvalue weighted by atomic mass is 10.1. The van der Waals surface area contributed by atoms with Gasteiger partial charge in [-0.05, 0) is 48.9 Å². The van der Waals surface area contributed by atoms with Crippen molar-refractivity contribution in [3.63, 3.8) is 0 Å². The number of hydrogen-bond donors (Lipinski definition) is 1. The van der Waals surface area contributed by atoms with E-state index in [1.807, 2.05) is 72.9 Å². The Morgan fingerprint density at radius 2 is 2.08 bits per heavy atom. The van der Waals surface area contributed by atoms with E-state index >= 15 is 0 Å². The third kappa shape index (κ3) is 3.67. The number of rotatable bonds is 4. The number of nitrogens with zero attached hydrogens (tertiary/aromatic N) is 3. The molecule has 6 heteroatoms. The number of nitrogens with one attached hydrogen (secondary N) is 1. The summed E-state index contributed by atoms with van der Waals surface area (Å²) in [5.74, 6) is -0.220. The van der Waals surface area contributed by atoms with Gasteiger partial charge in [-0.25, -0.2) is 4.98 Å². The van der Waals surface area contributed by atoms with Crippen LogP contribution in [0.15, 0.2) is 48.7 Å². The maximum atomic E-state index is 12.2. The van der Waals surface area contributed by atoms with Crippen molar-refractivity contribution >= 4 is 40.6 Å². The van der Waals surface area contributed by atoms with Crippen LogP contribution in [0.1, 0.15) is 11.3 Å². The Bertz CT molecular complexity index is 959. The van der Waals surface area contributed by atoms with Crippen LogP contribution in [-0.2, 0) is 4.79 Å². The Balaban J connectivity index is 1.78. The molecule has 0 aliphatic carbocycles. The number of halogens is 1. The van der Waals surface area contributed by atoms with E-state index < -0.39 is 0 Å². The fraction of sp³-hybridized carbons (Fsp3) is 0.158. The van der Waals surface area contributed by atoms with Gasteiger partial charge in [0.25, 0.3) is 0 Å². The monoisotopic (exact) mass is 354 g/mol. The van der Waals surface area contributed by atoms with Crippen molar-refractivity contribution in [1.82, 2.24) is 9.38 Å². The van der Waals surface area contributed by atoms with E-state index in [1.54, 1.807) is 6.08 Å². The molecule has 5 nitrogen and oxygen atoms in total. The van der Waals surface area contributed by atoms with Crippen LogP contribution in [0.5, 0.6) is 0 Å². The number of aromatic nitrogens is 2. The first-order chi connectivity index (χ1) is 12.0. The van der Waals surface area contributed by atoms with E-state index in [2.05, 4.69) is 10.3 Å². The first kappa shape index (κ1) is 17.0. The normalized spacial score (nSPS) is 11.2. The molecule has 0 fully saturated rings. The highest BCUT2D eigenvalue weighted by atomic mass is 35.5. The van der Waals surface area contributed by atoms with Gasteiger partial charge in [0.15, 0.2) is 5.15 Å². The van der Waals surface area contributed by atoms with E-state index in [-0.39, 0.29) is 5.91 Å². The minimum Gasteiger partial charge on any atom is -0.378 e. The van der Waals surface area contributed by atoms with Gasteiger partial charge >= 0.3 is 0 Å². The summed E-state index contributed by atoms with van der Waals surface area (Å²) >= 11 is 6.16. The zero-order valence-electron chi connectivity index (χ0n) is 14.3. The Kier molecular flexibility index (Phi) is 4.76. The molecule has 0 spiro atoms. The lowest BCUT2D eigenvalue weighted by Gasteiger charge is -2.15. The van der Waals surface area contributed by atoms with Crippen molar-refractivity contribution in [2.75, 3.05) is 24.3 Å². The van der Waals surface area contributed by atoms with Gasteiger partial charge in [-0.2, -0.15) is 0 Å². The lowest BCUT2D eigenvalue weighted by Crippen LogP contribution is -2.11. The summed E-state index contributed by atoms with van der Waals surface area (Å²) in [5, 5.41) is 3.25. The van der Waals surface area contributed by atoms with Crippen molar-refractivity contribution < 1.29 is 4.79 Å². The highest BCUT2D eigenvalue weighted by Gasteiger charge is 2.08. The van der Waals surface area contributed by atoms with Gasteiger partial charge in [0, 0.05) is 37.7 Å². The van der Waals surface area contributed by atoms with Gasteiger partial charge in [-0.1, -0.05) is 17.7 Å². The SMILES string of the molecule is Cc1cc(N(C)C)ccc1NC(=O)/C=C/c1c(Cl)nc2ccccn12. The molecule has 2 heterocycles. The molecule has 0 unspecified atom stereocenters. The van der Waals surface area contributed by atoms with E-state index in [0.717, 1.165) is 22.6 Å². The van der Waals surface area contributed by atoms with Gasteiger partial charge in [0.1, 0.15) is 5.65 Å². The Morgan fingerprint density at radius 1 is 1.28 bits per heavy atom. The molecule has 0 saturated carbocycles. The third-order valence-electron chi connectivity index (χ3n) is 3.90. The smallest absolute Gasteiger partial charge is 0.248 e. The summed E-state index contributed by atoms with van der Waals surface area (Å²) in [6, 6.07) is 11.5. The van der Waals surface area contributed by atoms with Gasteiger partial charge in [-0.15, -0.1) is 0 Å². The second kappa shape index (κ2) is 6.99. The largest absolute Gasteiger partial charge is 0.378 e. The maximum absolute atomic E-state index is 12.2. The number of fused-ring (bicyclic) bond motifs is 1. The summed E-state index contributed by atoms with van der Waals surface area (Å²) in [6.07, 6.45) is 4.98. The standard InChI is InChI=1S/C19H19ClN4O/c1-13-12-14(23(2)3)7-8-15(13)21-18(25)10-9-16-19(20)22-17-6-4-5-11-24(16)17/h4-12H,1-3H3,(H,21,25)/b10-9+. The minimum atomic E-state index is -0.220. The molecular weight excluding hydrogens is 336 g/mol. The van der Waals surface area contributed by atoms with Crippen LogP contribution in [0.25, 0.3) is 11.7 Å². The van der Waals surface area contributed by atoms with Crippen LogP contribution < -0.4 is 10.2 Å². The molecular formula is C19H19ClN4O. The Hall–Kier alpha value is -2.79. The molecule has 25 heavy (non-hydrogen) atoms. The highest BCUT2D eigenvalue weighted by Crippen LogP contribution is 2.22. The molecule has 3 aromatic rings. The molecule has 1 amide bonds. The topological polar surface area (TPSA) is 49.6 Å². The molecule has 1 N–H and O–H groups in total. The number of imidazole rings is 1. The average molecular weight is 355 g/mol. The Morgan fingerprint density at radius 3 is 2.80 bits per heavy atom. The van der Waals surface area contributed by atoms with Crippen LogP contribution in [0.3, 0.4) is 0 Å². The van der Waals surface area contributed by atoms with Crippen LogP contribution in [0.2, 0.25) is 5.15 Å². The second-order valence-corrected chi connectivity index (χ2v) is 6.29. The number of benzene rings is 1. The van der Waals surface area contributed by atoms with Crippen molar-refractivity contribution in [3.8, 4) is 0 Å². The molecule has 1 aromatic carbocycles. The summed E-state index contributed by atoms with van der Waals surface area (Å²) in [7, 11) is 3.96. The van der Waals surface area contributed by atoms with Gasteiger partial charge < -0.3 is 10.2 Å². The number of aryl methyl sites for hydroxylation is 1. The number of hydrogen-bond acceptors (Lipinski definition) is 3. The van der Waals surface area contributed by atoms with Gasteiger partial charge in [0.05, 0.1) is 5.69 Å². The molecule has 2 aromatic heterocycles. The maximum Gasteiger partial charge on any atom is 0.248 e. The highest BCUT2D eigenvalue weighted by molar-refractivity contribution is 6.31. The third-order valence-corrected chi connectivity index (χ3v) is 4.18. The van der Waals surface area contributed by atoms with Crippen molar-refractivity contribution in [3.05, 3.63) is 65.1 Å². The van der Waals surface area contributed by atoms with Gasteiger partial charge in [-0.3, -0.25) is 9.20 Å². The number of pyridine rings is 1. The zero-order valence-corrected chi connectivity index (χ0v) is 15.1. The minimum absolute atomic E-state index is 0.220. The molecule has 0 saturated heterocycles. The van der Waals surface area contributed by atoms with Crippen LogP contribution in [0.4, 0.5) is 11.4 Å². The Labute approximate surface area is 151 Å². The predicted octanol–water partition coefficient (Wildman–Crippen LogP) is 4.01. The molecule has 0 aliphatic rings. The van der Waals surface area contributed by atoms with Gasteiger partial charge in [0.2, 0.25) is 5.91 Å². The van der Waals surface area contributed by atoms with Crippen molar-refractivity contribution in [2.45, 2.75) is 6.92 Å². The quantitative estimate of drug-likeness (QED) is 0.720. The molecule has 0 aliphatic heterocycles. The second-order valence-electron chi connectivity index (χ2n) is 5.93. The summed E-state index contributed by atoms with van der Waals surface area (Å²) in [5.41, 5.74) is 4.28. The van der Waals surface area contributed by atoms with E-state index in [4.69, 9.17) is 11.6 Å².